The van der Waals surface area contributed by atoms with E-state index in [1.54, 1.807) is 53.7 Å². The Bertz CT molecular complexity index is 1880. The maximum atomic E-state index is 12.7. The number of carboxylic acid groups (broad SMARTS) is 1. The molecule has 0 bridgehead atoms. The number of nitrogens with two attached hydrogens (primary N) is 1. The largest absolute Gasteiger partial charge is 0.481 e. The first-order valence-corrected chi connectivity index (χ1v) is 27.3. The molecule has 1 rings (SSSR count). The highest BCUT2D eigenvalue weighted by Crippen LogP contribution is 2.16. The van der Waals surface area contributed by atoms with Crippen molar-refractivity contribution in [1.82, 2.24) is 21.3 Å². The zero-order valence-electron chi connectivity index (χ0n) is 48.5. The molecule has 1 aromatic carbocycles. The molecule has 0 aliphatic heterocycles. The number of ether oxygens (including phenoxy) is 14. The van der Waals surface area contributed by atoms with Crippen molar-refractivity contribution < 1.29 is 105 Å². The topological polar surface area (TPSA) is 343 Å². The van der Waals surface area contributed by atoms with E-state index < -0.39 is 58.8 Å². The zero-order chi connectivity index (χ0) is 59.8. The third-order valence-electron chi connectivity index (χ3n) is 10.1. The summed E-state index contributed by atoms with van der Waals surface area (Å²) in [4.78, 5) is 85.1. The standard InChI is InChI=1S/C54H93N5O22/c1-53(2,3)80-50(65)12-10-45(52(67)81-54(4,5)6)59-46(60)13-15-68-17-19-70-21-23-72-25-27-74-29-31-76-33-35-78-37-38-79-36-34-77-32-30-75-28-26-73-24-22-71-20-18-69-16-14-56-47(61)40-57-48(62)41-58-51(66)44-39-43(55)9-7-42(44)8-11-49(63)64/h7,9,39,45H,8,10-38,40-41,55H2,1-6H3,(H,56,61)(H,57,62)(H,58,66)(H,59,60)(H,63,64). The molecule has 1 unspecified atom stereocenters. The lowest BCUT2D eigenvalue weighted by Gasteiger charge is -2.25. The molecule has 0 saturated carbocycles. The van der Waals surface area contributed by atoms with Gasteiger partial charge in [-0.2, -0.15) is 0 Å². The Morgan fingerprint density at radius 1 is 0.469 bits per heavy atom. The van der Waals surface area contributed by atoms with Crippen molar-refractivity contribution in [1.29, 1.82) is 0 Å². The van der Waals surface area contributed by atoms with Gasteiger partial charge >= 0.3 is 17.9 Å². The highest BCUT2D eigenvalue weighted by atomic mass is 16.6. The number of carboxylic acids is 1. The fraction of sp³-hybridized carbons (Fsp3) is 0.759. The van der Waals surface area contributed by atoms with Gasteiger partial charge in [-0.25, -0.2) is 4.79 Å². The summed E-state index contributed by atoms with van der Waals surface area (Å²) in [5.41, 5.74) is 5.33. The Morgan fingerprint density at radius 3 is 1.26 bits per heavy atom. The van der Waals surface area contributed by atoms with Crippen molar-refractivity contribution in [2.45, 2.75) is 90.9 Å². The molecule has 466 valence electrons. The van der Waals surface area contributed by atoms with Gasteiger partial charge in [-0.3, -0.25) is 28.8 Å². The summed E-state index contributed by atoms with van der Waals surface area (Å²) in [5.74, 6) is -4.11. The van der Waals surface area contributed by atoms with Crippen LogP contribution in [0.2, 0.25) is 0 Å². The van der Waals surface area contributed by atoms with E-state index in [1.807, 2.05) is 0 Å². The molecule has 4 amide bonds. The molecule has 0 aromatic heterocycles. The third kappa shape index (κ3) is 47.1. The Morgan fingerprint density at radius 2 is 0.852 bits per heavy atom. The normalized spacial score (nSPS) is 11.9. The van der Waals surface area contributed by atoms with Gasteiger partial charge in [-0.15, -0.1) is 0 Å². The van der Waals surface area contributed by atoms with Crippen LogP contribution in [0.15, 0.2) is 18.2 Å². The minimum atomic E-state index is -1.01. The molecule has 0 radical (unpaired) electrons. The molecule has 27 nitrogen and oxygen atoms in total. The highest BCUT2D eigenvalue weighted by molar-refractivity contribution is 5.99. The Balaban J connectivity index is 1.81. The lowest BCUT2D eigenvalue weighted by atomic mass is 10.0. The minimum absolute atomic E-state index is 0.0167. The van der Waals surface area contributed by atoms with Gasteiger partial charge in [-0.1, -0.05) is 6.07 Å². The van der Waals surface area contributed by atoms with Crippen LogP contribution in [-0.2, 0) is 102 Å². The van der Waals surface area contributed by atoms with E-state index in [0.29, 0.717) is 150 Å². The molecular formula is C54H93N5O22. The van der Waals surface area contributed by atoms with Gasteiger partial charge in [0.2, 0.25) is 17.7 Å². The molecule has 0 spiro atoms. The predicted octanol–water partition coefficient (Wildman–Crippen LogP) is 0.786. The summed E-state index contributed by atoms with van der Waals surface area (Å²) in [5, 5.41) is 19.1. The summed E-state index contributed by atoms with van der Waals surface area (Å²) in [6.45, 7) is 19.1. The number of amides is 4. The van der Waals surface area contributed by atoms with Crippen LogP contribution >= 0.6 is 0 Å². The molecule has 0 fully saturated rings. The fourth-order valence-electron chi connectivity index (χ4n) is 6.32. The molecular weight excluding hydrogens is 1070 g/mol. The van der Waals surface area contributed by atoms with Crippen molar-refractivity contribution in [3.05, 3.63) is 29.3 Å². The number of carbonyl (C=O) groups excluding carboxylic acids is 6. The SMILES string of the molecule is CC(C)(C)OC(=O)CCC(NC(=O)CCOCCOCCOCCOCCOCCOCCOCCOCCOCCOCCOCCOCCNC(=O)CNC(=O)CNC(=O)c1cc(N)ccc1CCC(=O)O)C(=O)OC(C)(C)C. The maximum absolute atomic E-state index is 12.7. The first kappa shape index (κ1) is 73.8. The lowest BCUT2D eigenvalue weighted by Crippen LogP contribution is -2.44. The number of esters is 2. The molecule has 0 aliphatic rings. The smallest absolute Gasteiger partial charge is 0.329 e. The first-order chi connectivity index (χ1) is 38.8. The van der Waals surface area contributed by atoms with Crippen molar-refractivity contribution in [3.63, 3.8) is 0 Å². The first-order valence-electron chi connectivity index (χ1n) is 27.3. The summed E-state index contributed by atoms with van der Waals surface area (Å²) >= 11 is 0. The molecule has 0 aliphatic carbocycles. The predicted molar refractivity (Wildman–Crippen MR) is 292 cm³/mol. The molecule has 81 heavy (non-hydrogen) atoms. The van der Waals surface area contributed by atoms with E-state index in [1.165, 1.54) is 6.07 Å². The second kappa shape index (κ2) is 47.3. The molecule has 1 aromatic rings. The van der Waals surface area contributed by atoms with E-state index in [9.17, 15) is 33.6 Å². The van der Waals surface area contributed by atoms with Crippen LogP contribution in [0.1, 0.15) is 83.1 Å². The monoisotopic (exact) mass is 1160 g/mol. The number of aryl methyl sites for hydroxylation is 1. The number of nitrogen functional groups attached to an aromatic ring is 1. The quantitative estimate of drug-likeness (QED) is 0.0298. The van der Waals surface area contributed by atoms with Crippen LogP contribution in [0.25, 0.3) is 0 Å². The summed E-state index contributed by atoms with van der Waals surface area (Å²) < 4.78 is 76.6. The lowest BCUT2D eigenvalue weighted by molar-refractivity contribution is -0.160. The minimum Gasteiger partial charge on any atom is -0.481 e. The number of hydrogen-bond donors (Lipinski definition) is 6. The van der Waals surface area contributed by atoms with Crippen LogP contribution in [0.3, 0.4) is 0 Å². The van der Waals surface area contributed by atoms with E-state index in [0.717, 1.165) is 0 Å². The summed E-state index contributed by atoms with van der Waals surface area (Å²) in [6, 6.07) is 3.55. The van der Waals surface area contributed by atoms with E-state index in [2.05, 4.69) is 21.3 Å². The van der Waals surface area contributed by atoms with Crippen LogP contribution in [0, 0.1) is 0 Å². The van der Waals surface area contributed by atoms with Gasteiger partial charge in [0.25, 0.3) is 5.91 Å². The van der Waals surface area contributed by atoms with Crippen molar-refractivity contribution in [3.8, 4) is 0 Å². The number of benzene rings is 1. The number of aliphatic carboxylic acids is 1. The summed E-state index contributed by atoms with van der Waals surface area (Å²) in [7, 11) is 0. The average Bonchev–Trinajstić information content (AvgIpc) is 3.39. The molecule has 0 heterocycles. The van der Waals surface area contributed by atoms with E-state index in [-0.39, 0.29) is 77.1 Å². The third-order valence-corrected chi connectivity index (χ3v) is 10.1. The number of anilines is 1. The fourth-order valence-corrected chi connectivity index (χ4v) is 6.32. The van der Waals surface area contributed by atoms with Crippen LogP contribution in [0.4, 0.5) is 5.69 Å². The molecule has 0 saturated heterocycles. The van der Waals surface area contributed by atoms with Gasteiger partial charge < -0.3 is 98.4 Å². The number of hydrogen-bond acceptors (Lipinski definition) is 22. The molecule has 1 atom stereocenters. The maximum Gasteiger partial charge on any atom is 0.329 e. The second-order valence-corrected chi connectivity index (χ2v) is 19.5. The van der Waals surface area contributed by atoms with E-state index >= 15 is 0 Å². The second-order valence-electron chi connectivity index (χ2n) is 19.5. The van der Waals surface area contributed by atoms with E-state index in [4.69, 9.17) is 77.2 Å². The number of nitrogens with one attached hydrogen (secondary N) is 4. The molecule has 7 N–H and O–H groups in total. The van der Waals surface area contributed by atoms with Gasteiger partial charge in [0, 0.05) is 37.1 Å². The average molecular weight is 1160 g/mol. The van der Waals surface area contributed by atoms with Gasteiger partial charge in [0.15, 0.2) is 0 Å². The van der Waals surface area contributed by atoms with Crippen LogP contribution < -0.4 is 27.0 Å². The highest BCUT2D eigenvalue weighted by Gasteiger charge is 2.28. The van der Waals surface area contributed by atoms with Crippen molar-refractivity contribution in [2.24, 2.45) is 0 Å². The molecule has 27 heteroatoms. The van der Waals surface area contributed by atoms with Crippen molar-refractivity contribution in [2.75, 3.05) is 184 Å². The van der Waals surface area contributed by atoms with Gasteiger partial charge in [0.05, 0.1) is 172 Å². The van der Waals surface area contributed by atoms with Gasteiger partial charge in [-0.05, 0) is 72.1 Å². The van der Waals surface area contributed by atoms with Gasteiger partial charge in [0.1, 0.15) is 17.2 Å². The van der Waals surface area contributed by atoms with Crippen molar-refractivity contribution >= 4 is 47.2 Å². The number of carbonyl (C=O) groups is 7. The zero-order valence-corrected chi connectivity index (χ0v) is 48.5. The van der Waals surface area contributed by atoms with Crippen LogP contribution in [0.5, 0.6) is 0 Å². The van der Waals surface area contributed by atoms with Crippen LogP contribution in [-0.4, -0.2) is 242 Å². The Hall–Kier alpha value is -5.17. The Labute approximate surface area is 476 Å². The number of rotatable bonds is 52. The Kier molecular flexibility index (Phi) is 43.2. The summed E-state index contributed by atoms with van der Waals surface area (Å²) in [6.07, 6.45) is -0.0376.